The molecule has 1 N–H and O–H groups in total. The average Bonchev–Trinajstić information content (AvgIpc) is 2.98. The number of nitrogens with one attached hydrogen (secondary N) is 1. The summed E-state index contributed by atoms with van der Waals surface area (Å²) in [4.78, 5) is 13.1. The zero-order valence-electron chi connectivity index (χ0n) is 18.1. The van der Waals surface area contributed by atoms with Crippen LogP contribution >= 0.6 is 19.2 Å². The van der Waals surface area contributed by atoms with Crippen LogP contribution in [0.25, 0.3) is 0 Å². The van der Waals surface area contributed by atoms with E-state index in [4.69, 9.17) is 20.6 Å². The number of rotatable bonds is 12. The quantitative estimate of drug-likeness (QED) is 0.331. The van der Waals surface area contributed by atoms with Crippen LogP contribution in [0, 0.1) is 6.92 Å². The Kier molecular flexibility index (Phi) is 9.56. The van der Waals surface area contributed by atoms with Crippen LogP contribution in [0.4, 0.5) is 0 Å². The predicted molar refractivity (Wildman–Crippen MR) is 119 cm³/mol. The van der Waals surface area contributed by atoms with E-state index in [2.05, 4.69) is 10.4 Å². The molecule has 1 aromatic heterocycles. The summed E-state index contributed by atoms with van der Waals surface area (Å²) in [5.41, 5.74) is 1.37. The van der Waals surface area contributed by atoms with E-state index in [9.17, 15) is 9.36 Å². The van der Waals surface area contributed by atoms with Crippen LogP contribution in [-0.4, -0.2) is 28.9 Å². The van der Waals surface area contributed by atoms with Crippen LogP contribution in [0.5, 0.6) is 0 Å². The van der Waals surface area contributed by atoms with Gasteiger partial charge in [0, 0.05) is 7.05 Å². The Morgan fingerprint density at radius 2 is 1.73 bits per heavy atom. The van der Waals surface area contributed by atoms with E-state index in [1.165, 1.54) is 4.68 Å². The molecule has 0 saturated heterocycles. The molecule has 9 heteroatoms. The predicted octanol–water partition coefficient (Wildman–Crippen LogP) is 5.64. The lowest BCUT2D eigenvalue weighted by atomic mass is 10.2. The highest BCUT2D eigenvalue weighted by Crippen LogP contribution is 2.60. The molecule has 1 heterocycles. The topological polar surface area (TPSA) is 82.4 Å². The van der Waals surface area contributed by atoms with E-state index in [1.54, 1.807) is 26.1 Å². The first-order valence-electron chi connectivity index (χ1n) is 10.3. The van der Waals surface area contributed by atoms with Crippen LogP contribution in [0.1, 0.15) is 66.9 Å². The van der Waals surface area contributed by atoms with Crippen molar-refractivity contribution in [3.05, 3.63) is 52.3 Å². The first-order chi connectivity index (χ1) is 14.3. The zero-order chi connectivity index (χ0) is 22.1. The number of carbonyl (C=O) groups is 1. The number of amides is 1. The SMILES string of the molecule is CCCCOP(=O)(OCCCC)C(NC(=O)c1c(C)nn(C)c1Cl)c1ccccc1. The summed E-state index contributed by atoms with van der Waals surface area (Å²) in [7, 11) is -2.05. The summed E-state index contributed by atoms with van der Waals surface area (Å²) >= 11 is 6.27. The largest absolute Gasteiger partial charge is 0.357 e. The van der Waals surface area contributed by atoms with E-state index >= 15 is 0 Å². The van der Waals surface area contributed by atoms with Gasteiger partial charge in [-0.3, -0.25) is 14.0 Å². The fraction of sp³-hybridized carbons (Fsp3) is 0.524. The summed E-state index contributed by atoms with van der Waals surface area (Å²) in [6.45, 7) is 6.32. The first kappa shape index (κ1) is 24.6. The molecule has 7 nitrogen and oxygen atoms in total. The molecular weight excluding hydrogens is 425 g/mol. The second-order valence-corrected chi connectivity index (χ2v) is 9.55. The van der Waals surface area contributed by atoms with Crippen LogP contribution < -0.4 is 5.32 Å². The van der Waals surface area contributed by atoms with Crippen molar-refractivity contribution in [1.82, 2.24) is 15.1 Å². The smallest absolute Gasteiger partial charge is 0.334 e. The molecule has 2 rings (SSSR count). The van der Waals surface area contributed by atoms with Crippen molar-refractivity contribution in [1.29, 1.82) is 0 Å². The Bertz CT molecular complexity index is 859. The Morgan fingerprint density at radius 1 is 1.17 bits per heavy atom. The monoisotopic (exact) mass is 455 g/mol. The van der Waals surface area contributed by atoms with Crippen molar-refractivity contribution in [3.8, 4) is 0 Å². The zero-order valence-corrected chi connectivity index (χ0v) is 19.7. The number of nitrogens with zero attached hydrogens (tertiary/aromatic N) is 2. The molecule has 1 amide bonds. The van der Waals surface area contributed by atoms with Gasteiger partial charge < -0.3 is 14.4 Å². The number of unbranched alkanes of at least 4 members (excludes halogenated alkanes) is 2. The summed E-state index contributed by atoms with van der Waals surface area (Å²) in [6, 6.07) is 9.08. The summed E-state index contributed by atoms with van der Waals surface area (Å²) in [5, 5.41) is 7.25. The summed E-state index contributed by atoms with van der Waals surface area (Å²) in [6.07, 6.45) is 3.26. The molecule has 30 heavy (non-hydrogen) atoms. The molecule has 2 aromatic rings. The third kappa shape index (κ3) is 6.17. The number of halogens is 1. The van der Waals surface area contributed by atoms with Crippen LogP contribution in [0.15, 0.2) is 30.3 Å². The lowest BCUT2D eigenvalue weighted by molar-refractivity contribution is 0.0935. The van der Waals surface area contributed by atoms with Gasteiger partial charge in [-0.1, -0.05) is 68.6 Å². The number of hydrogen-bond acceptors (Lipinski definition) is 5. The van der Waals surface area contributed by atoms with Gasteiger partial charge in [-0.25, -0.2) is 0 Å². The molecule has 0 aliphatic carbocycles. The normalized spacial score (nSPS) is 12.7. The van der Waals surface area contributed by atoms with E-state index in [0.29, 0.717) is 11.3 Å². The second-order valence-electron chi connectivity index (χ2n) is 7.07. The van der Waals surface area contributed by atoms with Crippen molar-refractivity contribution in [2.24, 2.45) is 7.05 Å². The van der Waals surface area contributed by atoms with Gasteiger partial charge in [-0.15, -0.1) is 0 Å². The Hall–Kier alpha value is -1.66. The van der Waals surface area contributed by atoms with Crippen LogP contribution in [0.3, 0.4) is 0 Å². The van der Waals surface area contributed by atoms with Crippen LogP contribution in [0.2, 0.25) is 5.15 Å². The molecule has 1 aromatic carbocycles. The maximum absolute atomic E-state index is 13.9. The van der Waals surface area contributed by atoms with E-state index < -0.39 is 19.3 Å². The number of carbonyl (C=O) groups excluding carboxylic acids is 1. The highest BCUT2D eigenvalue weighted by molar-refractivity contribution is 7.54. The molecule has 0 bridgehead atoms. The van der Waals surface area contributed by atoms with E-state index in [0.717, 1.165) is 25.7 Å². The lowest BCUT2D eigenvalue weighted by Crippen LogP contribution is -2.30. The number of aryl methyl sites for hydroxylation is 2. The summed E-state index contributed by atoms with van der Waals surface area (Å²) in [5.74, 6) is -1.44. The molecule has 1 unspecified atom stereocenters. The number of benzene rings is 1. The fourth-order valence-electron chi connectivity index (χ4n) is 2.92. The molecule has 0 radical (unpaired) electrons. The molecule has 1 atom stereocenters. The van der Waals surface area contributed by atoms with Crippen LogP contribution in [-0.2, 0) is 20.7 Å². The second kappa shape index (κ2) is 11.7. The van der Waals surface area contributed by atoms with E-state index in [-0.39, 0.29) is 23.9 Å². The van der Waals surface area contributed by atoms with Gasteiger partial charge in [-0.2, -0.15) is 5.10 Å². The Morgan fingerprint density at radius 3 is 2.20 bits per heavy atom. The fourth-order valence-corrected chi connectivity index (χ4v) is 5.14. The molecule has 0 fully saturated rings. The lowest BCUT2D eigenvalue weighted by Gasteiger charge is -2.28. The van der Waals surface area contributed by atoms with Gasteiger partial charge in [0.1, 0.15) is 5.15 Å². The van der Waals surface area contributed by atoms with Crippen molar-refractivity contribution in [3.63, 3.8) is 0 Å². The van der Waals surface area contributed by atoms with Gasteiger partial charge in [0.25, 0.3) is 5.91 Å². The molecular formula is C21H31ClN3O4P. The molecule has 0 aliphatic rings. The third-order valence-electron chi connectivity index (χ3n) is 4.62. The van der Waals surface area contributed by atoms with E-state index in [1.807, 2.05) is 32.0 Å². The van der Waals surface area contributed by atoms with Crippen molar-refractivity contribution in [2.45, 2.75) is 52.2 Å². The van der Waals surface area contributed by atoms with Gasteiger partial charge in [0.2, 0.25) is 0 Å². The van der Waals surface area contributed by atoms with Gasteiger partial charge in [0.15, 0.2) is 5.78 Å². The first-order valence-corrected chi connectivity index (χ1v) is 12.3. The Balaban J connectivity index is 2.40. The molecule has 0 aliphatic heterocycles. The van der Waals surface area contributed by atoms with Gasteiger partial charge in [-0.05, 0) is 25.3 Å². The van der Waals surface area contributed by atoms with Gasteiger partial charge in [0.05, 0.1) is 24.5 Å². The molecule has 0 spiro atoms. The van der Waals surface area contributed by atoms with Crippen molar-refractivity contribution < 1.29 is 18.4 Å². The number of hydrogen-bond donors (Lipinski definition) is 1. The maximum Gasteiger partial charge on any atom is 0.357 e. The minimum atomic E-state index is -3.71. The minimum absolute atomic E-state index is 0.213. The number of aromatic nitrogens is 2. The summed E-state index contributed by atoms with van der Waals surface area (Å²) < 4.78 is 26.9. The highest BCUT2D eigenvalue weighted by Gasteiger charge is 2.39. The third-order valence-corrected chi connectivity index (χ3v) is 7.20. The minimum Gasteiger partial charge on any atom is -0.334 e. The van der Waals surface area contributed by atoms with Gasteiger partial charge >= 0.3 is 7.60 Å². The van der Waals surface area contributed by atoms with Crippen molar-refractivity contribution in [2.75, 3.05) is 13.2 Å². The average molecular weight is 456 g/mol. The maximum atomic E-state index is 13.9. The van der Waals surface area contributed by atoms with Crippen molar-refractivity contribution >= 4 is 25.1 Å². The molecule has 166 valence electrons. The highest BCUT2D eigenvalue weighted by atomic mass is 35.5. The molecule has 0 saturated carbocycles. The standard InChI is InChI=1S/C21H31ClN3O4P/c1-5-7-14-28-30(27,29-15-8-6-2)21(17-12-10-9-11-13-17)23-20(26)18-16(3)24-25(4)19(18)22/h9-13,21H,5-8,14-15H2,1-4H3,(H,23,26). The Labute approximate surface area is 183 Å².